The predicted molar refractivity (Wildman–Crippen MR) is 139 cm³/mol. The predicted octanol–water partition coefficient (Wildman–Crippen LogP) is -0.797. The molecule has 0 aromatic carbocycles. The summed E-state index contributed by atoms with van der Waals surface area (Å²) in [6, 6.07) is 0. The molecule has 4 aliphatic rings. The zero-order valence-electron chi connectivity index (χ0n) is 24.5. The summed E-state index contributed by atoms with van der Waals surface area (Å²) in [5.41, 5.74) is -2.24. The van der Waals surface area contributed by atoms with Crippen molar-refractivity contribution >= 4 is 10.4 Å². The van der Waals surface area contributed by atoms with Crippen molar-refractivity contribution in [3.63, 3.8) is 0 Å². The van der Waals surface area contributed by atoms with Crippen LogP contribution in [-0.4, -0.2) is 75.1 Å². The van der Waals surface area contributed by atoms with Crippen LogP contribution in [-0.2, 0) is 14.6 Å². The molecule has 0 amide bonds. The van der Waals surface area contributed by atoms with Crippen LogP contribution in [0.5, 0.6) is 0 Å². The summed E-state index contributed by atoms with van der Waals surface area (Å²) in [6.07, 6.45) is 1.51. The molecule has 0 aromatic rings. The minimum absolute atomic E-state index is 0. The van der Waals surface area contributed by atoms with Crippen molar-refractivity contribution in [3.05, 3.63) is 0 Å². The van der Waals surface area contributed by atoms with E-state index >= 15 is 0 Å². The first kappa shape index (κ1) is 34.2. The zero-order valence-corrected chi connectivity index (χ0v) is 27.3. The summed E-state index contributed by atoms with van der Waals surface area (Å²) in [4.78, 5) is 0. The van der Waals surface area contributed by atoms with Gasteiger partial charge >= 0.3 is 29.6 Å². The second kappa shape index (κ2) is 12.0. The molecule has 222 valence electrons. The fourth-order valence-corrected chi connectivity index (χ4v) is 10.1. The van der Waals surface area contributed by atoms with E-state index < -0.39 is 45.8 Å². The van der Waals surface area contributed by atoms with Crippen molar-refractivity contribution in [1.29, 1.82) is 0 Å². The van der Waals surface area contributed by atoms with Crippen LogP contribution in [0.4, 0.5) is 0 Å². The molecule has 9 nitrogen and oxygen atoms in total. The summed E-state index contributed by atoms with van der Waals surface area (Å²) in [5, 5.41) is 56.1. The third-order valence-corrected chi connectivity index (χ3v) is 12.5. The molecule has 0 bridgehead atoms. The average molecular weight is 585 g/mol. The molecule has 4 aliphatic carbocycles. The van der Waals surface area contributed by atoms with Gasteiger partial charge in [0.1, 0.15) is 0 Å². The average Bonchev–Trinajstić information content (AvgIpc) is 3.02. The monoisotopic (exact) mass is 584 g/mol. The molecule has 0 radical (unpaired) electrons. The number of aliphatic hydroxyl groups excluding tert-OH is 4. The van der Waals surface area contributed by atoms with E-state index in [2.05, 4.69) is 18.0 Å². The normalized spacial score (nSPS) is 48.2. The van der Waals surface area contributed by atoms with Crippen molar-refractivity contribution in [3.8, 4) is 0 Å². The van der Waals surface area contributed by atoms with E-state index in [0.717, 1.165) is 25.7 Å². The minimum Gasteiger partial charge on any atom is -0.726 e. The second-order valence-corrected chi connectivity index (χ2v) is 15.1. The summed E-state index contributed by atoms with van der Waals surface area (Å²) in [5.74, 6) is -0.194. The van der Waals surface area contributed by atoms with Crippen LogP contribution in [0.3, 0.4) is 0 Å². The number of fused-ring (bicyclic) bond motifs is 5. The first-order chi connectivity index (χ1) is 17.5. The summed E-state index contributed by atoms with van der Waals surface area (Å²) in [7, 11) is -4.72. The molecular weight excluding hydrogens is 535 g/mol. The van der Waals surface area contributed by atoms with E-state index in [4.69, 9.17) is 0 Å². The Balaban J connectivity index is 0.00000420. The van der Waals surface area contributed by atoms with Gasteiger partial charge in [0.2, 0.25) is 10.4 Å². The topological polar surface area (TPSA) is 168 Å². The van der Waals surface area contributed by atoms with E-state index in [0.29, 0.717) is 19.3 Å². The summed E-state index contributed by atoms with van der Waals surface area (Å²) >= 11 is 0. The molecule has 0 saturated heterocycles. The molecule has 39 heavy (non-hydrogen) atoms. The van der Waals surface area contributed by atoms with Gasteiger partial charge in [-0.05, 0) is 78.9 Å². The maximum atomic E-state index is 11.7. The standard InChI is InChI=1S/C28H50O9S.Na/c1-15(17(3)14-37-38(34,35)36)6-7-16(2)22-24(31)25(32)23-19-12-21(30)28(33)13-18(29)8-11-27(28,5)20(19)9-10-26(22,23)4;/h15-25,29-33H,6-14H2,1-5H3,(H,34,35,36);/q;+1/p-1/t15-,16-,17-,18+,19?,20?,21-,22+,23?,24-,25-,26-,27-,28+;/m1./s1. The van der Waals surface area contributed by atoms with Gasteiger partial charge in [-0.15, -0.1) is 0 Å². The smallest absolute Gasteiger partial charge is 0.726 e. The number of hydrogen-bond donors (Lipinski definition) is 5. The van der Waals surface area contributed by atoms with Crippen molar-refractivity contribution in [2.75, 3.05) is 6.61 Å². The molecular formula is C28H49NaO9S. The summed E-state index contributed by atoms with van der Waals surface area (Å²) < 4.78 is 36.9. The fraction of sp³-hybridized carbons (Fsp3) is 1.00. The number of rotatable bonds is 8. The summed E-state index contributed by atoms with van der Waals surface area (Å²) in [6.45, 7) is 10.0. The molecule has 4 fully saturated rings. The largest absolute Gasteiger partial charge is 1.00 e. The van der Waals surface area contributed by atoms with Crippen LogP contribution >= 0.6 is 0 Å². The van der Waals surface area contributed by atoms with Gasteiger partial charge in [0.25, 0.3) is 0 Å². The van der Waals surface area contributed by atoms with Crippen LogP contribution in [0, 0.1) is 52.3 Å². The van der Waals surface area contributed by atoms with Crippen molar-refractivity contribution in [2.24, 2.45) is 52.3 Å². The fourth-order valence-electron chi connectivity index (χ4n) is 9.72. The minimum atomic E-state index is -4.72. The molecule has 14 atom stereocenters. The Morgan fingerprint density at radius 3 is 2.23 bits per heavy atom. The van der Waals surface area contributed by atoms with E-state index in [1.807, 2.05) is 20.8 Å². The van der Waals surface area contributed by atoms with Crippen molar-refractivity contribution in [1.82, 2.24) is 0 Å². The quantitative estimate of drug-likeness (QED) is 0.139. The molecule has 5 N–H and O–H groups in total. The van der Waals surface area contributed by atoms with Gasteiger partial charge in [-0.3, -0.25) is 4.18 Å². The molecule has 0 aromatic heterocycles. The molecule has 11 heteroatoms. The van der Waals surface area contributed by atoms with Gasteiger partial charge in [0.15, 0.2) is 0 Å². The van der Waals surface area contributed by atoms with Crippen molar-refractivity contribution < 1.29 is 72.2 Å². The number of hydrogen-bond acceptors (Lipinski definition) is 9. The Morgan fingerprint density at radius 1 is 0.974 bits per heavy atom. The maximum absolute atomic E-state index is 11.7. The van der Waals surface area contributed by atoms with E-state index in [1.165, 1.54) is 0 Å². The first-order valence-electron chi connectivity index (χ1n) is 14.5. The molecule has 4 saturated carbocycles. The maximum Gasteiger partial charge on any atom is 1.00 e. The molecule has 3 unspecified atom stereocenters. The Hall–Kier alpha value is 0.670. The second-order valence-electron chi connectivity index (χ2n) is 14.0. The van der Waals surface area contributed by atoms with Crippen LogP contribution in [0.15, 0.2) is 0 Å². The third-order valence-electron chi connectivity index (χ3n) is 12.1. The van der Waals surface area contributed by atoms with Gasteiger partial charge in [-0.25, -0.2) is 8.42 Å². The van der Waals surface area contributed by atoms with Gasteiger partial charge in [0, 0.05) is 11.8 Å². The Morgan fingerprint density at radius 2 is 1.62 bits per heavy atom. The van der Waals surface area contributed by atoms with Crippen molar-refractivity contribution in [2.45, 2.75) is 116 Å². The van der Waals surface area contributed by atoms with Crippen LogP contribution in [0.2, 0.25) is 0 Å². The van der Waals surface area contributed by atoms with Gasteiger partial charge in [-0.1, -0.05) is 47.5 Å². The van der Waals surface area contributed by atoms with Gasteiger partial charge < -0.3 is 30.1 Å². The third kappa shape index (κ3) is 5.93. The van der Waals surface area contributed by atoms with E-state index in [-0.39, 0.29) is 89.4 Å². The van der Waals surface area contributed by atoms with Gasteiger partial charge in [0.05, 0.1) is 36.6 Å². The van der Waals surface area contributed by atoms with Crippen LogP contribution in [0.1, 0.15) is 86.0 Å². The van der Waals surface area contributed by atoms with E-state index in [9.17, 15) is 38.5 Å². The Labute approximate surface area is 256 Å². The van der Waals surface area contributed by atoms with Crippen LogP contribution < -0.4 is 29.6 Å². The van der Waals surface area contributed by atoms with E-state index in [1.54, 1.807) is 0 Å². The molecule has 0 spiro atoms. The van der Waals surface area contributed by atoms with Gasteiger partial charge in [-0.2, -0.15) is 0 Å². The zero-order chi connectivity index (χ0) is 28.4. The molecule has 4 rings (SSSR count). The SMILES string of the molecule is C[C@H](CC[C@@H](C)[C@H](C)COS(=O)(=O)[O-])[C@H]1[C@@H](O)[C@H](O)C2C3C[C@@H](O)[C@@]4(O)C[C@@H](O)CC[C@]4(C)C3CC[C@@]21C.[Na+]. The molecule has 0 aliphatic heterocycles. The Kier molecular flexibility index (Phi) is 10.5. The number of aliphatic hydroxyl groups is 5. The first-order valence-corrected chi connectivity index (χ1v) is 15.8. The van der Waals surface area contributed by atoms with Crippen LogP contribution in [0.25, 0.3) is 0 Å². The Bertz CT molecular complexity index is 967. The molecule has 0 heterocycles.